The van der Waals surface area contributed by atoms with Crippen molar-refractivity contribution in [3.63, 3.8) is 0 Å². The number of carbonyl (C=O) groups is 1. The highest BCUT2D eigenvalue weighted by Gasteiger charge is 2.03. The lowest BCUT2D eigenvalue weighted by molar-refractivity contribution is 0.128. The second-order valence-corrected chi connectivity index (χ2v) is 2.28. The second-order valence-electron chi connectivity index (χ2n) is 2.28. The Balaban J connectivity index is 3.35. The van der Waals surface area contributed by atoms with E-state index in [1.807, 2.05) is 13.8 Å². The van der Waals surface area contributed by atoms with Gasteiger partial charge in [-0.1, -0.05) is 0 Å². The molecule has 11 heavy (non-hydrogen) atoms. The molecule has 0 aliphatic rings. The molecule has 0 aromatic carbocycles. The summed E-state index contributed by atoms with van der Waals surface area (Å²) in [4.78, 5) is 10.7. The molecule has 0 saturated heterocycles. The van der Waals surface area contributed by atoms with Crippen molar-refractivity contribution in [3.8, 4) is 0 Å². The maximum Gasteiger partial charge on any atom is 0.314 e. The standard InChI is InChI=1S/C7H16N2O2/c1-4-11-5-6(2)9-7(10)8-3/h6H,4-5H2,1-3H3,(H2,8,9,10). The molecule has 0 aliphatic carbocycles. The van der Waals surface area contributed by atoms with Crippen LogP contribution in [0.3, 0.4) is 0 Å². The minimum Gasteiger partial charge on any atom is -0.380 e. The van der Waals surface area contributed by atoms with E-state index in [2.05, 4.69) is 10.6 Å². The van der Waals surface area contributed by atoms with Crippen LogP contribution in [-0.4, -0.2) is 32.3 Å². The van der Waals surface area contributed by atoms with Crippen molar-refractivity contribution < 1.29 is 9.53 Å². The molecule has 0 aromatic heterocycles. The van der Waals surface area contributed by atoms with Gasteiger partial charge in [-0.25, -0.2) is 4.79 Å². The molecule has 4 heteroatoms. The van der Waals surface area contributed by atoms with Gasteiger partial charge in [-0.3, -0.25) is 0 Å². The summed E-state index contributed by atoms with van der Waals surface area (Å²) in [5.74, 6) is 0. The molecular weight excluding hydrogens is 144 g/mol. The van der Waals surface area contributed by atoms with Gasteiger partial charge >= 0.3 is 6.03 Å². The highest BCUT2D eigenvalue weighted by molar-refractivity contribution is 5.73. The first-order valence-corrected chi connectivity index (χ1v) is 3.76. The Bertz CT molecular complexity index is 117. The zero-order valence-electron chi connectivity index (χ0n) is 7.31. The molecule has 66 valence electrons. The molecule has 0 spiro atoms. The predicted molar refractivity (Wildman–Crippen MR) is 43.5 cm³/mol. The molecule has 1 unspecified atom stereocenters. The monoisotopic (exact) mass is 160 g/mol. The van der Waals surface area contributed by atoms with Crippen LogP contribution in [0.4, 0.5) is 4.79 Å². The fourth-order valence-electron chi connectivity index (χ4n) is 0.632. The van der Waals surface area contributed by atoms with Gasteiger partial charge in [0.25, 0.3) is 0 Å². The van der Waals surface area contributed by atoms with Crippen molar-refractivity contribution in [3.05, 3.63) is 0 Å². The van der Waals surface area contributed by atoms with Crippen LogP contribution >= 0.6 is 0 Å². The number of amides is 2. The van der Waals surface area contributed by atoms with Gasteiger partial charge in [0.1, 0.15) is 0 Å². The summed E-state index contributed by atoms with van der Waals surface area (Å²) >= 11 is 0. The average Bonchev–Trinajstić information content (AvgIpc) is 2.00. The van der Waals surface area contributed by atoms with Crippen molar-refractivity contribution in [2.24, 2.45) is 0 Å². The van der Waals surface area contributed by atoms with Crippen LogP contribution < -0.4 is 10.6 Å². The molecule has 1 atom stereocenters. The maximum atomic E-state index is 10.7. The van der Waals surface area contributed by atoms with Crippen LogP contribution in [0.5, 0.6) is 0 Å². The number of carbonyl (C=O) groups excluding carboxylic acids is 1. The molecule has 0 bridgehead atoms. The Kier molecular flexibility index (Phi) is 5.56. The molecule has 4 nitrogen and oxygen atoms in total. The van der Waals surface area contributed by atoms with Crippen LogP contribution in [0.2, 0.25) is 0 Å². The Morgan fingerprint density at radius 3 is 2.73 bits per heavy atom. The fourth-order valence-corrected chi connectivity index (χ4v) is 0.632. The van der Waals surface area contributed by atoms with Crippen LogP contribution in [-0.2, 0) is 4.74 Å². The molecular formula is C7H16N2O2. The largest absolute Gasteiger partial charge is 0.380 e. The first-order valence-electron chi connectivity index (χ1n) is 3.76. The third-order valence-electron chi connectivity index (χ3n) is 1.18. The van der Waals surface area contributed by atoms with E-state index in [4.69, 9.17) is 4.74 Å². The summed E-state index contributed by atoms with van der Waals surface area (Å²) < 4.78 is 5.10. The Morgan fingerprint density at radius 2 is 2.27 bits per heavy atom. The zero-order chi connectivity index (χ0) is 8.69. The lowest BCUT2D eigenvalue weighted by Crippen LogP contribution is -2.41. The van der Waals surface area contributed by atoms with E-state index in [1.165, 1.54) is 0 Å². The number of hydrogen-bond donors (Lipinski definition) is 2. The summed E-state index contributed by atoms with van der Waals surface area (Å²) in [6.07, 6.45) is 0. The molecule has 2 N–H and O–H groups in total. The quantitative estimate of drug-likeness (QED) is 0.623. The predicted octanol–water partition coefficient (Wildman–Crippen LogP) is 0.340. The number of ether oxygens (including phenoxy) is 1. The highest BCUT2D eigenvalue weighted by Crippen LogP contribution is 1.83. The zero-order valence-corrected chi connectivity index (χ0v) is 7.31. The summed E-state index contributed by atoms with van der Waals surface area (Å²) in [5, 5.41) is 5.16. The van der Waals surface area contributed by atoms with Gasteiger partial charge in [0.15, 0.2) is 0 Å². The molecule has 0 fully saturated rings. The summed E-state index contributed by atoms with van der Waals surface area (Å²) in [5.41, 5.74) is 0. The van der Waals surface area contributed by atoms with E-state index in [0.29, 0.717) is 13.2 Å². The normalized spacial score (nSPS) is 12.3. The van der Waals surface area contributed by atoms with Crippen molar-refractivity contribution in [2.75, 3.05) is 20.3 Å². The molecule has 0 rings (SSSR count). The first-order chi connectivity index (χ1) is 5.20. The number of rotatable bonds is 4. The average molecular weight is 160 g/mol. The topological polar surface area (TPSA) is 50.4 Å². The van der Waals surface area contributed by atoms with Gasteiger partial charge < -0.3 is 15.4 Å². The molecule has 0 aliphatic heterocycles. The SMILES string of the molecule is CCOCC(C)NC(=O)NC. The highest BCUT2D eigenvalue weighted by atomic mass is 16.5. The van der Waals surface area contributed by atoms with Crippen molar-refractivity contribution in [1.29, 1.82) is 0 Å². The Morgan fingerprint density at radius 1 is 1.64 bits per heavy atom. The van der Waals surface area contributed by atoms with E-state index in [1.54, 1.807) is 7.05 Å². The number of hydrogen-bond acceptors (Lipinski definition) is 2. The lowest BCUT2D eigenvalue weighted by Gasteiger charge is -2.12. The van der Waals surface area contributed by atoms with Crippen LogP contribution in [0.15, 0.2) is 0 Å². The van der Waals surface area contributed by atoms with Gasteiger partial charge in [-0.05, 0) is 13.8 Å². The number of nitrogens with one attached hydrogen (secondary N) is 2. The van der Waals surface area contributed by atoms with E-state index in [0.717, 1.165) is 0 Å². The van der Waals surface area contributed by atoms with E-state index < -0.39 is 0 Å². The van der Waals surface area contributed by atoms with Gasteiger partial charge in [0, 0.05) is 13.7 Å². The van der Waals surface area contributed by atoms with Crippen LogP contribution in [0, 0.1) is 0 Å². The van der Waals surface area contributed by atoms with E-state index in [9.17, 15) is 4.79 Å². The smallest absolute Gasteiger partial charge is 0.314 e. The minimum absolute atomic E-state index is 0.0647. The lowest BCUT2D eigenvalue weighted by atomic mass is 10.4. The maximum absolute atomic E-state index is 10.7. The van der Waals surface area contributed by atoms with Gasteiger partial charge in [-0.15, -0.1) is 0 Å². The van der Waals surface area contributed by atoms with Gasteiger partial charge in [-0.2, -0.15) is 0 Å². The van der Waals surface area contributed by atoms with Crippen molar-refractivity contribution in [2.45, 2.75) is 19.9 Å². The summed E-state index contributed by atoms with van der Waals surface area (Å²) in [7, 11) is 1.59. The van der Waals surface area contributed by atoms with Crippen molar-refractivity contribution >= 4 is 6.03 Å². The van der Waals surface area contributed by atoms with Crippen molar-refractivity contribution in [1.82, 2.24) is 10.6 Å². The minimum atomic E-state index is -0.169. The van der Waals surface area contributed by atoms with Gasteiger partial charge in [0.05, 0.1) is 12.6 Å². The molecule has 2 amide bonds. The van der Waals surface area contributed by atoms with E-state index in [-0.39, 0.29) is 12.1 Å². The van der Waals surface area contributed by atoms with Crippen LogP contribution in [0.1, 0.15) is 13.8 Å². The molecule has 0 radical (unpaired) electrons. The third-order valence-corrected chi connectivity index (χ3v) is 1.18. The molecule has 0 aromatic rings. The van der Waals surface area contributed by atoms with E-state index >= 15 is 0 Å². The molecule has 0 heterocycles. The second kappa shape index (κ2) is 5.97. The Labute approximate surface area is 67.3 Å². The third kappa shape index (κ3) is 5.66. The first kappa shape index (κ1) is 10.2. The summed E-state index contributed by atoms with van der Waals surface area (Å²) in [6, 6.07) is -0.105. The Hall–Kier alpha value is -0.770. The number of urea groups is 1. The fraction of sp³-hybridized carbons (Fsp3) is 0.857. The van der Waals surface area contributed by atoms with Crippen LogP contribution in [0.25, 0.3) is 0 Å². The molecule has 0 saturated carbocycles. The van der Waals surface area contributed by atoms with Gasteiger partial charge in [0.2, 0.25) is 0 Å². The summed E-state index contributed by atoms with van der Waals surface area (Å²) in [6.45, 7) is 5.06.